The molecule has 1 saturated heterocycles. The van der Waals surface area contributed by atoms with E-state index in [1.807, 2.05) is 30.3 Å². The maximum absolute atomic E-state index is 13.3. The molecule has 0 unspecified atom stereocenters. The lowest BCUT2D eigenvalue weighted by Gasteiger charge is -2.23. The number of esters is 1. The van der Waals surface area contributed by atoms with Crippen molar-refractivity contribution < 1.29 is 33.5 Å². The molecule has 1 amide bonds. The van der Waals surface area contributed by atoms with Crippen molar-refractivity contribution in [2.45, 2.75) is 25.2 Å². The van der Waals surface area contributed by atoms with Crippen LogP contribution in [0, 0.1) is 10.1 Å². The summed E-state index contributed by atoms with van der Waals surface area (Å²) in [5, 5.41) is 11.8. The third-order valence-corrected chi connectivity index (χ3v) is 5.28. The Morgan fingerprint density at radius 1 is 1.12 bits per heavy atom. The number of nitro groups is 1. The minimum absolute atomic E-state index is 0.0980. The van der Waals surface area contributed by atoms with Gasteiger partial charge in [-0.25, -0.2) is 4.79 Å². The highest BCUT2D eigenvalue weighted by Gasteiger charge is 2.42. The van der Waals surface area contributed by atoms with Gasteiger partial charge in [0.15, 0.2) is 11.5 Å². The Hall–Kier alpha value is -3.66. The van der Waals surface area contributed by atoms with Crippen LogP contribution in [0.5, 0.6) is 11.5 Å². The summed E-state index contributed by atoms with van der Waals surface area (Å²) in [5.74, 6) is -1.03. The van der Waals surface area contributed by atoms with Gasteiger partial charge in [0, 0.05) is 26.1 Å². The zero-order valence-electron chi connectivity index (χ0n) is 18.0. The molecule has 0 bridgehead atoms. The van der Waals surface area contributed by atoms with Gasteiger partial charge in [0.25, 0.3) is 11.6 Å². The molecule has 0 radical (unpaired) electrons. The number of ether oxygens (including phenoxy) is 4. The van der Waals surface area contributed by atoms with Crippen molar-refractivity contribution in [1.29, 1.82) is 0 Å². The minimum Gasteiger partial charge on any atom is -0.493 e. The van der Waals surface area contributed by atoms with Crippen molar-refractivity contribution in [1.82, 2.24) is 4.90 Å². The first-order valence-corrected chi connectivity index (χ1v) is 9.84. The molecule has 1 aliphatic rings. The Kier molecular flexibility index (Phi) is 7.26. The molecule has 10 heteroatoms. The number of nitro benzene ring substituents is 1. The summed E-state index contributed by atoms with van der Waals surface area (Å²) in [6, 6.07) is 10.8. The van der Waals surface area contributed by atoms with E-state index in [0.717, 1.165) is 11.6 Å². The number of nitrogens with zero attached hydrogens (tertiary/aromatic N) is 2. The Labute approximate surface area is 184 Å². The van der Waals surface area contributed by atoms with Crippen LogP contribution in [0.1, 0.15) is 22.3 Å². The molecule has 2 atom stereocenters. The maximum Gasteiger partial charge on any atom is 0.328 e. The fraction of sp³-hybridized carbons (Fsp3) is 0.364. The van der Waals surface area contributed by atoms with Gasteiger partial charge in [-0.15, -0.1) is 0 Å². The fourth-order valence-corrected chi connectivity index (χ4v) is 3.59. The number of hydrogen-bond donors (Lipinski definition) is 0. The molecule has 32 heavy (non-hydrogen) atoms. The van der Waals surface area contributed by atoms with Gasteiger partial charge in [-0.3, -0.25) is 14.9 Å². The van der Waals surface area contributed by atoms with E-state index in [9.17, 15) is 19.7 Å². The molecule has 0 aromatic heterocycles. The molecule has 2 aromatic rings. The molecule has 1 heterocycles. The number of carbonyl (C=O) groups is 2. The molecule has 0 spiro atoms. The number of rotatable bonds is 8. The van der Waals surface area contributed by atoms with Crippen molar-refractivity contribution in [2.24, 2.45) is 0 Å². The van der Waals surface area contributed by atoms with Crippen LogP contribution in [0.4, 0.5) is 5.69 Å². The Bertz CT molecular complexity index is 995. The number of likely N-dealkylation sites (tertiary alicyclic amines) is 1. The molecule has 0 aliphatic carbocycles. The van der Waals surface area contributed by atoms with Crippen LogP contribution in [0.25, 0.3) is 0 Å². The molecule has 2 aromatic carbocycles. The summed E-state index contributed by atoms with van der Waals surface area (Å²) in [6.07, 6.45) is -0.157. The van der Waals surface area contributed by atoms with Crippen LogP contribution in [0.3, 0.4) is 0 Å². The van der Waals surface area contributed by atoms with Gasteiger partial charge in [0.05, 0.1) is 31.3 Å². The number of carbonyl (C=O) groups excluding carboxylic acids is 2. The van der Waals surface area contributed by atoms with Crippen LogP contribution in [0.15, 0.2) is 42.5 Å². The van der Waals surface area contributed by atoms with Gasteiger partial charge in [0.1, 0.15) is 18.2 Å². The number of amides is 1. The fourth-order valence-electron chi connectivity index (χ4n) is 3.59. The summed E-state index contributed by atoms with van der Waals surface area (Å²) in [6.45, 7) is 0.258. The molecular formula is C22H24N2O8. The van der Waals surface area contributed by atoms with E-state index in [1.54, 1.807) is 0 Å². The first-order chi connectivity index (χ1) is 15.4. The van der Waals surface area contributed by atoms with Crippen molar-refractivity contribution in [2.75, 3.05) is 27.9 Å². The van der Waals surface area contributed by atoms with Gasteiger partial charge in [0.2, 0.25) is 0 Å². The van der Waals surface area contributed by atoms with Gasteiger partial charge in [-0.2, -0.15) is 0 Å². The highest BCUT2D eigenvalue weighted by molar-refractivity contribution is 6.01. The third-order valence-electron chi connectivity index (χ3n) is 5.28. The molecule has 0 N–H and O–H groups in total. The average molecular weight is 444 g/mol. The Balaban J connectivity index is 1.95. The second-order valence-electron chi connectivity index (χ2n) is 7.14. The van der Waals surface area contributed by atoms with Crippen LogP contribution in [0.2, 0.25) is 0 Å². The van der Waals surface area contributed by atoms with Crippen molar-refractivity contribution in [3.8, 4) is 11.5 Å². The van der Waals surface area contributed by atoms with Crippen molar-refractivity contribution in [3.63, 3.8) is 0 Å². The van der Waals surface area contributed by atoms with Gasteiger partial charge in [-0.1, -0.05) is 30.3 Å². The van der Waals surface area contributed by atoms with Gasteiger partial charge < -0.3 is 23.8 Å². The SMILES string of the molecule is COC(=O)[C@H]1C[C@H](OC)CN1C(=O)c1cc(OC)c(OCc2ccccc2)cc1[N+](=O)[O-]. The van der Waals surface area contributed by atoms with Crippen LogP contribution < -0.4 is 9.47 Å². The van der Waals surface area contributed by atoms with Gasteiger partial charge in [-0.05, 0) is 5.56 Å². The van der Waals surface area contributed by atoms with E-state index in [1.165, 1.54) is 32.3 Å². The Morgan fingerprint density at radius 2 is 1.84 bits per heavy atom. The zero-order valence-corrected chi connectivity index (χ0v) is 18.0. The predicted molar refractivity (Wildman–Crippen MR) is 113 cm³/mol. The maximum atomic E-state index is 13.3. The molecule has 1 fully saturated rings. The van der Waals surface area contributed by atoms with Crippen LogP contribution in [-0.2, 0) is 20.9 Å². The van der Waals surface area contributed by atoms with E-state index in [-0.39, 0.29) is 36.6 Å². The first kappa shape index (κ1) is 23.0. The normalized spacial score (nSPS) is 17.7. The lowest BCUT2D eigenvalue weighted by Crippen LogP contribution is -2.41. The quantitative estimate of drug-likeness (QED) is 0.346. The lowest BCUT2D eigenvalue weighted by molar-refractivity contribution is -0.385. The summed E-state index contributed by atoms with van der Waals surface area (Å²) in [7, 11) is 4.06. The summed E-state index contributed by atoms with van der Waals surface area (Å²) < 4.78 is 21.1. The minimum atomic E-state index is -0.906. The standard InChI is InChI=1S/C22H24N2O8/c1-29-15-9-18(22(26)31-3)23(12-15)21(25)16-10-19(30-2)20(11-17(16)24(27)28)32-13-14-7-5-4-6-8-14/h4-8,10-11,15,18H,9,12-13H2,1-3H3/t15-,18+/m0/s1. The van der Waals surface area contributed by atoms with E-state index in [2.05, 4.69) is 0 Å². The molecule has 0 saturated carbocycles. The molecule has 170 valence electrons. The predicted octanol–water partition coefficient (Wildman–Crippen LogP) is 2.58. The van der Waals surface area contributed by atoms with Crippen molar-refractivity contribution >= 4 is 17.6 Å². The Morgan fingerprint density at radius 3 is 2.44 bits per heavy atom. The highest BCUT2D eigenvalue weighted by Crippen LogP contribution is 2.37. The summed E-state index contributed by atoms with van der Waals surface area (Å²) in [5.41, 5.74) is 0.189. The first-order valence-electron chi connectivity index (χ1n) is 9.84. The van der Waals surface area contributed by atoms with E-state index in [4.69, 9.17) is 18.9 Å². The monoisotopic (exact) mass is 444 g/mol. The number of hydrogen-bond acceptors (Lipinski definition) is 8. The molecule has 1 aliphatic heterocycles. The lowest BCUT2D eigenvalue weighted by atomic mass is 10.1. The topological polar surface area (TPSA) is 117 Å². The van der Waals surface area contributed by atoms with Crippen LogP contribution >= 0.6 is 0 Å². The average Bonchev–Trinajstić information content (AvgIpc) is 3.26. The second kappa shape index (κ2) is 10.1. The van der Waals surface area contributed by atoms with Gasteiger partial charge >= 0.3 is 5.97 Å². The molecular weight excluding hydrogens is 420 g/mol. The largest absolute Gasteiger partial charge is 0.493 e. The summed E-state index contributed by atoms with van der Waals surface area (Å²) in [4.78, 5) is 37.8. The summed E-state index contributed by atoms with van der Waals surface area (Å²) >= 11 is 0. The van der Waals surface area contributed by atoms with Crippen LogP contribution in [-0.4, -0.2) is 61.7 Å². The van der Waals surface area contributed by atoms with E-state index < -0.39 is 34.6 Å². The molecule has 3 rings (SSSR count). The highest BCUT2D eigenvalue weighted by atomic mass is 16.6. The zero-order chi connectivity index (χ0) is 23.3. The second-order valence-corrected chi connectivity index (χ2v) is 7.14. The number of methoxy groups -OCH3 is 3. The van der Waals surface area contributed by atoms with E-state index in [0.29, 0.717) is 0 Å². The molecule has 10 nitrogen and oxygen atoms in total. The third kappa shape index (κ3) is 4.80. The number of benzene rings is 2. The smallest absolute Gasteiger partial charge is 0.328 e. The van der Waals surface area contributed by atoms with E-state index >= 15 is 0 Å². The van der Waals surface area contributed by atoms with Crippen molar-refractivity contribution in [3.05, 3.63) is 63.7 Å².